The van der Waals surface area contributed by atoms with E-state index in [2.05, 4.69) is 5.32 Å². The Bertz CT molecular complexity index is 694. The summed E-state index contributed by atoms with van der Waals surface area (Å²) in [7, 11) is 0. The molecule has 24 heavy (non-hydrogen) atoms. The van der Waals surface area contributed by atoms with Gasteiger partial charge in [0.25, 0.3) is 0 Å². The first-order valence-electron chi connectivity index (χ1n) is 7.74. The summed E-state index contributed by atoms with van der Waals surface area (Å²) in [5.41, 5.74) is 2.24. The maximum absolute atomic E-state index is 12.8. The number of amides is 1. The summed E-state index contributed by atoms with van der Waals surface area (Å²) in [6, 6.07) is 12.9. The average molecular weight is 329 g/mol. The molecule has 1 amide bonds. The van der Waals surface area contributed by atoms with E-state index in [0.717, 1.165) is 11.1 Å². The van der Waals surface area contributed by atoms with E-state index < -0.39 is 0 Å². The lowest BCUT2D eigenvalue weighted by atomic mass is 10.1. The van der Waals surface area contributed by atoms with Gasteiger partial charge in [-0.1, -0.05) is 38.1 Å². The highest BCUT2D eigenvalue weighted by Crippen LogP contribution is 2.12. The third kappa shape index (κ3) is 5.50. The number of carbonyl (C=O) groups is 2. The predicted molar refractivity (Wildman–Crippen MR) is 89.8 cm³/mol. The Labute approximate surface area is 140 Å². The fourth-order valence-electron chi connectivity index (χ4n) is 2.00. The van der Waals surface area contributed by atoms with Gasteiger partial charge in [-0.25, -0.2) is 4.39 Å². The number of rotatable bonds is 6. The van der Waals surface area contributed by atoms with E-state index in [1.54, 1.807) is 50.2 Å². The van der Waals surface area contributed by atoms with Crippen LogP contribution in [-0.2, 0) is 27.4 Å². The molecule has 5 heteroatoms. The van der Waals surface area contributed by atoms with Gasteiger partial charge >= 0.3 is 5.97 Å². The lowest BCUT2D eigenvalue weighted by molar-refractivity contribution is -0.148. The highest BCUT2D eigenvalue weighted by Gasteiger charge is 2.08. The number of nitrogens with one attached hydrogen (secondary N) is 1. The number of benzene rings is 2. The summed E-state index contributed by atoms with van der Waals surface area (Å²) in [6.45, 7) is 3.77. The second kappa shape index (κ2) is 8.24. The zero-order valence-electron chi connectivity index (χ0n) is 13.7. The quantitative estimate of drug-likeness (QED) is 0.822. The Morgan fingerprint density at radius 1 is 1.00 bits per heavy atom. The summed E-state index contributed by atoms with van der Waals surface area (Å²) in [5, 5.41) is 2.77. The van der Waals surface area contributed by atoms with Crippen LogP contribution in [0.3, 0.4) is 0 Å². The maximum Gasteiger partial charge on any atom is 0.308 e. The summed E-state index contributed by atoms with van der Waals surface area (Å²) in [5.74, 6) is -0.907. The zero-order valence-corrected chi connectivity index (χ0v) is 13.7. The van der Waals surface area contributed by atoms with E-state index in [-0.39, 0.29) is 36.6 Å². The lowest BCUT2D eigenvalue weighted by Crippen LogP contribution is -2.14. The zero-order chi connectivity index (χ0) is 17.5. The van der Waals surface area contributed by atoms with Crippen molar-refractivity contribution in [1.82, 2.24) is 0 Å². The molecular formula is C19H20FNO3. The van der Waals surface area contributed by atoms with Crippen molar-refractivity contribution in [3.8, 4) is 0 Å². The second-order valence-electron chi connectivity index (χ2n) is 5.81. The molecule has 1 N–H and O–H groups in total. The number of esters is 1. The van der Waals surface area contributed by atoms with Crippen molar-refractivity contribution in [3.05, 3.63) is 65.5 Å². The van der Waals surface area contributed by atoms with Gasteiger partial charge in [-0.05, 0) is 35.4 Å². The van der Waals surface area contributed by atoms with Gasteiger partial charge in [0.05, 0.1) is 12.3 Å². The van der Waals surface area contributed by atoms with Crippen molar-refractivity contribution in [2.75, 3.05) is 5.32 Å². The Hall–Kier alpha value is -2.69. The molecule has 0 bridgehead atoms. The number of carbonyl (C=O) groups excluding carboxylic acids is 2. The van der Waals surface area contributed by atoms with E-state index >= 15 is 0 Å². The molecule has 0 aromatic heterocycles. The van der Waals surface area contributed by atoms with E-state index in [1.807, 2.05) is 0 Å². The van der Waals surface area contributed by atoms with Crippen molar-refractivity contribution in [1.29, 1.82) is 0 Å². The van der Waals surface area contributed by atoms with Crippen LogP contribution in [0.2, 0.25) is 0 Å². The second-order valence-corrected chi connectivity index (χ2v) is 5.81. The number of ether oxygens (including phenoxy) is 1. The maximum atomic E-state index is 12.8. The van der Waals surface area contributed by atoms with Crippen LogP contribution in [0.4, 0.5) is 10.1 Å². The van der Waals surface area contributed by atoms with Crippen LogP contribution in [-0.4, -0.2) is 11.9 Å². The first-order valence-corrected chi connectivity index (χ1v) is 7.74. The fourth-order valence-corrected chi connectivity index (χ4v) is 2.00. The van der Waals surface area contributed by atoms with Crippen LogP contribution in [0.1, 0.15) is 25.0 Å². The number of anilines is 1. The third-order valence-corrected chi connectivity index (χ3v) is 3.37. The standard InChI is InChI=1S/C19H20FNO3/c1-13(2)19(23)24-12-15-5-9-17(10-6-15)21-18(22)11-14-3-7-16(20)8-4-14/h3-10,13H,11-12H2,1-2H3,(H,21,22). The molecule has 2 rings (SSSR count). The first kappa shape index (κ1) is 17.7. The highest BCUT2D eigenvalue weighted by molar-refractivity contribution is 5.92. The Balaban J connectivity index is 1.85. The molecule has 0 saturated heterocycles. The molecule has 4 nitrogen and oxygen atoms in total. The normalized spacial score (nSPS) is 10.5. The monoisotopic (exact) mass is 329 g/mol. The predicted octanol–water partition coefficient (Wildman–Crippen LogP) is 3.71. The minimum Gasteiger partial charge on any atom is -0.461 e. The molecule has 0 radical (unpaired) electrons. The van der Waals surface area contributed by atoms with Crippen molar-refractivity contribution < 1.29 is 18.7 Å². The smallest absolute Gasteiger partial charge is 0.308 e. The van der Waals surface area contributed by atoms with Crippen molar-refractivity contribution >= 4 is 17.6 Å². The number of hydrogen-bond acceptors (Lipinski definition) is 3. The van der Waals surface area contributed by atoms with E-state index in [0.29, 0.717) is 5.69 Å². The number of halogens is 1. The fraction of sp³-hybridized carbons (Fsp3) is 0.263. The topological polar surface area (TPSA) is 55.4 Å². The van der Waals surface area contributed by atoms with Gasteiger partial charge in [-0.2, -0.15) is 0 Å². The van der Waals surface area contributed by atoms with Crippen molar-refractivity contribution in [3.63, 3.8) is 0 Å². The molecule has 0 saturated carbocycles. The van der Waals surface area contributed by atoms with Crippen molar-refractivity contribution in [2.24, 2.45) is 5.92 Å². The average Bonchev–Trinajstić information content (AvgIpc) is 2.56. The van der Waals surface area contributed by atoms with Crippen LogP contribution in [0.25, 0.3) is 0 Å². The van der Waals surface area contributed by atoms with Gasteiger partial charge in [-0.15, -0.1) is 0 Å². The van der Waals surface area contributed by atoms with E-state index in [4.69, 9.17) is 4.74 Å². The molecule has 0 atom stereocenters. The largest absolute Gasteiger partial charge is 0.461 e. The van der Waals surface area contributed by atoms with Crippen LogP contribution in [0.15, 0.2) is 48.5 Å². The molecule has 0 spiro atoms. The summed E-state index contributed by atoms with van der Waals surface area (Å²) in [6.07, 6.45) is 0.175. The van der Waals surface area contributed by atoms with Crippen molar-refractivity contribution in [2.45, 2.75) is 26.9 Å². The van der Waals surface area contributed by atoms with Crippen LogP contribution >= 0.6 is 0 Å². The first-order chi connectivity index (χ1) is 11.4. The molecule has 0 aliphatic rings. The van der Waals surface area contributed by atoms with Crippen LogP contribution in [0, 0.1) is 11.7 Å². The summed E-state index contributed by atoms with van der Waals surface area (Å²) >= 11 is 0. The highest BCUT2D eigenvalue weighted by atomic mass is 19.1. The van der Waals surface area contributed by atoms with E-state index in [1.165, 1.54) is 12.1 Å². The third-order valence-electron chi connectivity index (χ3n) is 3.37. The number of hydrogen-bond donors (Lipinski definition) is 1. The molecule has 0 fully saturated rings. The molecule has 2 aromatic carbocycles. The van der Waals surface area contributed by atoms with E-state index in [9.17, 15) is 14.0 Å². The molecular weight excluding hydrogens is 309 g/mol. The van der Waals surface area contributed by atoms with Crippen LogP contribution in [0.5, 0.6) is 0 Å². The molecule has 0 aliphatic heterocycles. The van der Waals surface area contributed by atoms with Gasteiger partial charge in [0.1, 0.15) is 12.4 Å². The Morgan fingerprint density at radius 3 is 2.17 bits per heavy atom. The Morgan fingerprint density at radius 2 is 1.58 bits per heavy atom. The minimum absolute atomic E-state index is 0.157. The SMILES string of the molecule is CC(C)C(=O)OCc1ccc(NC(=O)Cc2ccc(F)cc2)cc1. The van der Waals surface area contributed by atoms with Gasteiger partial charge in [-0.3, -0.25) is 9.59 Å². The van der Waals surface area contributed by atoms with Gasteiger partial charge in [0.2, 0.25) is 5.91 Å². The molecule has 126 valence electrons. The lowest BCUT2D eigenvalue weighted by Gasteiger charge is -2.09. The van der Waals surface area contributed by atoms with Crippen LogP contribution < -0.4 is 5.32 Å². The van der Waals surface area contributed by atoms with Gasteiger partial charge < -0.3 is 10.1 Å². The molecule has 0 unspecified atom stereocenters. The Kier molecular flexibility index (Phi) is 6.07. The summed E-state index contributed by atoms with van der Waals surface area (Å²) < 4.78 is 18.0. The van der Waals surface area contributed by atoms with Gasteiger partial charge in [0, 0.05) is 5.69 Å². The molecule has 2 aromatic rings. The summed E-state index contributed by atoms with van der Waals surface area (Å²) in [4.78, 5) is 23.4. The minimum atomic E-state index is -0.326. The van der Waals surface area contributed by atoms with Gasteiger partial charge in [0.15, 0.2) is 0 Å². The molecule has 0 heterocycles. The molecule has 0 aliphatic carbocycles.